The van der Waals surface area contributed by atoms with Gasteiger partial charge in [0.05, 0.1) is 5.02 Å². The number of carbonyl (C=O) groups excluding carboxylic acids is 1. The van der Waals surface area contributed by atoms with Gasteiger partial charge in [-0.05, 0) is 6.07 Å². The Kier molecular flexibility index (Phi) is 2.19. The third-order valence-electron chi connectivity index (χ3n) is 0.846. The first-order chi connectivity index (χ1) is 4.74. The van der Waals surface area contributed by atoms with Crippen molar-refractivity contribution in [3.8, 4) is 0 Å². The van der Waals surface area contributed by atoms with E-state index in [1.165, 1.54) is 6.07 Å². The van der Waals surface area contributed by atoms with E-state index in [4.69, 9.17) is 23.2 Å². The van der Waals surface area contributed by atoms with Gasteiger partial charge in [-0.1, -0.05) is 23.2 Å². The molecule has 0 saturated carbocycles. The molecule has 1 heterocycles. The largest absolute Gasteiger partial charge is 0.296 e. The second-order valence-corrected chi connectivity index (χ2v) is 2.29. The second kappa shape index (κ2) is 2.94. The summed E-state index contributed by atoms with van der Waals surface area (Å²) in [5, 5.41) is 7.16. The summed E-state index contributed by atoms with van der Waals surface area (Å²) in [6.07, 6.45) is 0.551. The molecule has 0 aromatic carbocycles. The van der Waals surface area contributed by atoms with Crippen molar-refractivity contribution in [2.24, 2.45) is 0 Å². The molecule has 3 nitrogen and oxygen atoms in total. The minimum absolute atomic E-state index is 0.104. The first kappa shape index (κ1) is 7.44. The number of aromatic nitrogens is 2. The van der Waals surface area contributed by atoms with Crippen molar-refractivity contribution in [2.45, 2.75) is 0 Å². The van der Waals surface area contributed by atoms with E-state index < -0.39 is 0 Å². The fourth-order valence-electron chi connectivity index (χ4n) is 0.425. The highest BCUT2D eigenvalue weighted by Crippen LogP contribution is 2.17. The summed E-state index contributed by atoms with van der Waals surface area (Å²) in [7, 11) is 0. The Bertz CT molecular complexity index is 264. The summed E-state index contributed by atoms with van der Waals surface area (Å²) >= 11 is 10.9. The first-order valence-corrected chi connectivity index (χ1v) is 3.13. The van der Waals surface area contributed by atoms with Gasteiger partial charge in [0.25, 0.3) is 0 Å². The van der Waals surface area contributed by atoms with Crippen LogP contribution in [0.25, 0.3) is 0 Å². The second-order valence-electron chi connectivity index (χ2n) is 1.53. The number of halogens is 2. The van der Waals surface area contributed by atoms with Crippen LogP contribution in [0.4, 0.5) is 0 Å². The van der Waals surface area contributed by atoms with Crippen LogP contribution < -0.4 is 0 Å². The number of hydrogen-bond acceptors (Lipinski definition) is 3. The van der Waals surface area contributed by atoms with Gasteiger partial charge in [0.2, 0.25) is 0 Å². The Hall–Kier alpha value is -0.670. The zero-order valence-corrected chi connectivity index (χ0v) is 6.23. The number of carbonyl (C=O) groups is 1. The van der Waals surface area contributed by atoms with E-state index in [-0.39, 0.29) is 15.9 Å². The highest BCUT2D eigenvalue weighted by molar-refractivity contribution is 6.41. The van der Waals surface area contributed by atoms with Crippen molar-refractivity contribution in [1.82, 2.24) is 10.2 Å². The van der Waals surface area contributed by atoms with Crippen molar-refractivity contribution in [2.75, 3.05) is 0 Å². The van der Waals surface area contributed by atoms with Gasteiger partial charge in [-0.25, -0.2) is 0 Å². The van der Waals surface area contributed by atoms with E-state index in [0.717, 1.165) is 0 Å². The highest BCUT2D eigenvalue weighted by atomic mass is 35.5. The minimum atomic E-state index is 0.104. The quantitative estimate of drug-likeness (QED) is 0.611. The van der Waals surface area contributed by atoms with E-state index >= 15 is 0 Å². The maximum atomic E-state index is 10.1. The lowest BCUT2D eigenvalue weighted by atomic mass is 10.4. The van der Waals surface area contributed by atoms with Gasteiger partial charge in [0, 0.05) is 0 Å². The lowest BCUT2D eigenvalue weighted by Crippen LogP contribution is -1.90. The number of aldehydes is 1. The Balaban J connectivity index is 3.16. The van der Waals surface area contributed by atoms with Crippen molar-refractivity contribution in [1.29, 1.82) is 0 Å². The number of hydrogen-bond donors (Lipinski definition) is 0. The summed E-state index contributed by atoms with van der Waals surface area (Å²) in [6.45, 7) is 0. The summed E-state index contributed by atoms with van der Waals surface area (Å²) in [5.74, 6) is 0. The third-order valence-corrected chi connectivity index (χ3v) is 1.51. The molecule has 52 valence electrons. The Morgan fingerprint density at radius 1 is 1.40 bits per heavy atom. The zero-order valence-electron chi connectivity index (χ0n) is 4.71. The molecule has 1 aromatic rings. The molecule has 0 unspecified atom stereocenters. The van der Waals surface area contributed by atoms with Gasteiger partial charge in [-0.2, -0.15) is 0 Å². The number of rotatable bonds is 1. The van der Waals surface area contributed by atoms with Crippen molar-refractivity contribution < 1.29 is 4.79 Å². The van der Waals surface area contributed by atoms with E-state index in [1.807, 2.05) is 0 Å². The maximum Gasteiger partial charge on any atom is 0.170 e. The van der Waals surface area contributed by atoms with Crippen LogP contribution in [-0.4, -0.2) is 16.5 Å². The summed E-state index contributed by atoms with van der Waals surface area (Å²) in [4.78, 5) is 10.1. The summed E-state index contributed by atoms with van der Waals surface area (Å²) < 4.78 is 0. The van der Waals surface area contributed by atoms with Crippen LogP contribution in [0, 0.1) is 0 Å². The average Bonchev–Trinajstić information content (AvgIpc) is 1.95. The molecule has 0 aliphatic rings. The minimum Gasteiger partial charge on any atom is -0.296 e. The molecule has 0 N–H and O–H groups in total. The predicted octanol–water partition coefficient (Wildman–Crippen LogP) is 1.60. The lowest BCUT2D eigenvalue weighted by molar-refractivity contribution is 0.111. The van der Waals surface area contributed by atoms with Crippen LogP contribution in [-0.2, 0) is 0 Å². The van der Waals surface area contributed by atoms with Gasteiger partial charge in [0.15, 0.2) is 11.4 Å². The van der Waals surface area contributed by atoms with Gasteiger partial charge in [0.1, 0.15) is 5.69 Å². The fraction of sp³-hybridized carbons (Fsp3) is 0. The molecule has 0 aliphatic heterocycles. The van der Waals surface area contributed by atoms with Crippen molar-refractivity contribution in [3.05, 3.63) is 21.9 Å². The molecule has 0 fully saturated rings. The van der Waals surface area contributed by atoms with Gasteiger partial charge in [-0.3, -0.25) is 4.79 Å². The first-order valence-electron chi connectivity index (χ1n) is 2.38. The maximum absolute atomic E-state index is 10.1. The molecule has 0 amide bonds. The molecule has 0 bridgehead atoms. The Morgan fingerprint density at radius 3 is 2.60 bits per heavy atom. The SMILES string of the molecule is O=Cc1cc(Cl)c(Cl)nn1. The zero-order chi connectivity index (χ0) is 7.56. The van der Waals surface area contributed by atoms with Gasteiger partial charge < -0.3 is 0 Å². The normalized spacial score (nSPS) is 9.40. The van der Waals surface area contributed by atoms with Crippen molar-refractivity contribution in [3.63, 3.8) is 0 Å². The number of nitrogens with zero attached hydrogens (tertiary/aromatic N) is 2. The molecule has 0 radical (unpaired) electrons. The topological polar surface area (TPSA) is 42.9 Å². The predicted molar refractivity (Wildman–Crippen MR) is 37.4 cm³/mol. The third kappa shape index (κ3) is 1.43. The van der Waals surface area contributed by atoms with E-state index in [1.54, 1.807) is 0 Å². The summed E-state index contributed by atoms with van der Waals surface area (Å²) in [6, 6.07) is 1.35. The molecule has 10 heavy (non-hydrogen) atoms. The van der Waals surface area contributed by atoms with Crippen LogP contribution in [0.5, 0.6) is 0 Å². The van der Waals surface area contributed by atoms with E-state index in [2.05, 4.69) is 10.2 Å². The molecule has 1 rings (SSSR count). The molecule has 5 heteroatoms. The van der Waals surface area contributed by atoms with Gasteiger partial charge in [-0.15, -0.1) is 10.2 Å². The van der Waals surface area contributed by atoms with E-state index in [9.17, 15) is 4.79 Å². The van der Waals surface area contributed by atoms with Crippen LogP contribution in [0.2, 0.25) is 10.2 Å². The van der Waals surface area contributed by atoms with Crippen LogP contribution >= 0.6 is 23.2 Å². The Morgan fingerprint density at radius 2 is 2.10 bits per heavy atom. The molecule has 0 spiro atoms. The molecular weight excluding hydrogens is 175 g/mol. The van der Waals surface area contributed by atoms with Crippen molar-refractivity contribution >= 4 is 29.5 Å². The Labute approximate surface area is 67.0 Å². The van der Waals surface area contributed by atoms with E-state index in [0.29, 0.717) is 6.29 Å². The summed E-state index contributed by atoms with van der Waals surface area (Å²) in [5.41, 5.74) is 0.175. The molecule has 1 aromatic heterocycles. The fourth-order valence-corrected chi connectivity index (χ4v) is 0.667. The standard InChI is InChI=1S/C5H2Cl2N2O/c6-4-1-3(2-10)8-9-5(4)7/h1-2H. The molecule has 0 aliphatic carbocycles. The molecule has 0 saturated heterocycles. The highest BCUT2D eigenvalue weighted by Gasteiger charge is 1.99. The van der Waals surface area contributed by atoms with Crippen LogP contribution in [0.3, 0.4) is 0 Å². The lowest BCUT2D eigenvalue weighted by Gasteiger charge is -1.91. The smallest absolute Gasteiger partial charge is 0.170 e. The van der Waals surface area contributed by atoms with Crippen LogP contribution in [0.15, 0.2) is 6.07 Å². The van der Waals surface area contributed by atoms with Crippen LogP contribution in [0.1, 0.15) is 10.5 Å². The molecular formula is C5H2Cl2N2O. The van der Waals surface area contributed by atoms with Gasteiger partial charge >= 0.3 is 0 Å². The molecule has 0 atom stereocenters. The monoisotopic (exact) mass is 176 g/mol. The average molecular weight is 177 g/mol.